The zero-order valence-electron chi connectivity index (χ0n) is 15.8. The van der Waals surface area contributed by atoms with Crippen molar-refractivity contribution in [1.82, 2.24) is 0 Å². The van der Waals surface area contributed by atoms with Crippen LogP contribution in [0.5, 0.6) is 11.5 Å². The Kier molecular flexibility index (Phi) is 8.58. The minimum absolute atomic E-state index is 0.274. The first-order valence-corrected chi connectivity index (χ1v) is 9.09. The summed E-state index contributed by atoms with van der Waals surface area (Å²) in [4.78, 5) is 12.5. The highest BCUT2D eigenvalue weighted by molar-refractivity contribution is 6.05. The summed E-state index contributed by atoms with van der Waals surface area (Å²) < 4.78 is 29.7. The topological polar surface area (TPSA) is 56.8 Å². The molecule has 2 rings (SSSR count). The van der Waals surface area contributed by atoms with Crippen molar-refractivity contribution >= 4 is 11.6 Å². The molecule has 1 amide bonds. The number of nitrogens with one attached hydrogen (secondary N) is 1. The molecule has 0 aliphatic carbocycles. The smallest absolute Gasteiger partial charge is 0.255 e. The van der Waals surface area contributed by atoms with Crippen molar-refractivity contribution in [3.63, 3.8) is 0 Å². The molecular weight excluding hydrogens is 349 g/mol. The first kappa shape index (κ1) is 20.7. The minimum atomic E-state index is -0.458. The van der Waals surface area contributed by atoms with Crippen molar-refractivity contribution in [2.75, 3.05) is 32.2 Å². The molecule has 0 saturated heterocycles. The molecule has 0 radical (unpaired) electrons. The first-order valence-electron chi connectivity index (χ1n) is 9.09. The predicted octanol–water partition coefficient (Wildman–Crippen LogP) is 4.67. The SMILES string of the molecule is CCCCCOc1ccc(C(=O)Nc2cc(F)ccc2OCCOC)cc1. The van der Waals surface area contributed by atoms with Crippen molar-refractivity contribution in [2.24, 2.45) is 0 Å². The second kappa shape index (κ2) is 11.2. The van der Waals surface area contributed by atoms with Gasteiger partial charge >= 0.3 is 0 Å². The van der Waals surface area contributed by atoms with E-state index in [4.69, 9.17) is 14.2 Å². The number of unbranched alkanes of at least 4 members (excludes halogenated alkanes) is 2. The molecule has 0 bridgehead atoms. The average molecular weight is 375 g/mol. The third-order valence-corrected chi connectivity index (χ3v) is 3.87. The maximum Gasteiger partial charge on any atom is 0.255 e. The summed E-state index contributed by atoms with van der Waals surface area (Å²) in [6.07, 6.45) is 3.27. The Labute approximate surface area is 159 Å². The van der Waals surface area contributed by atoms with E-state index in [1.807, 2.05) is 0 Å². The van der Waals surface area contributed by atoms with Gasteiger partial charge < -0.3 is 19.5 Å². The highest BCUT2D eigenvalue weighted by Crippen LogP contribution is 2.26. The molecule has 2 aromatic carbocycles. The molecule has 0 fully saturated rings. The van der Waals surface area contributed by atoms with Gasteiger partial charge in [-0.3, -0.25) is 4.79 Å². The van der Waals surface area contributed by atoms with Gasteiger partial charge in [0.2, 0.25) is 0 Å². The van der Waals surface area contributed by atoms with Gasteiger partial charge in [-0.15, -0.1) is 0 Å². The fourth-order valence-corrected chi connectivity index (χ4v) is 2.40. The summed E-state index contributed by atoms with van der Waals surface area (Å²) in [6, 6.07) is 10.8. The van der Waals surface area contributed by atoms with Gasteiger partial charge in [0, 0.05) is 18.7 Å². The number of amides is 1. The fraction of sp³-hybridized carbons (Fsp3) is 0.381. The lowest BCUT2D eigenvalue weighted by atomic mass is 10.2. The van der Waals surface area contributed by atoms with E-state index in [9.17, 15) is 9.18 Å². The van der Waals surface area contributed by atoms with Crippen LogP contribution in [0.1, 0.15) is 36.5 Å². The molecule has 0 spiro atoms. The second-order valence-corrected chi connectivity index (χ2v) is 6.02. The first-order chi connectivity index (χ1) is 13.1. The number of hydrogen-bond acceptors (Lipinski definition) is 4. The van der Waals surface area contributed by atoms with E-state index >= 15 is 0 Å². The fourth-order valence-electron chi connectivity index (χ4n) is 2.40. The zero-order chi connectivity index (χ0) is 19.5. The van der Waals surface area contributed by atoms with Gasteiger partial charge in [-0.25, -0.2) is 4.39 Å². The van der Waals surface area contributed by atoms with Crippen LogP contribution in [0.2, 0.25) is 0 Å². The third-order valence-electron chi connectivity index (χ3n) is 3.87. The number of halogens is 1. The Morgan fingerprint density at radius 2 is 1.78 bits per heavy atom. The van der Waals surface area contributed by atoms with Gasteiger partial charge in [-0.05, 0) is 42.8 Å². The minimum Gasteiger partial charge on any atom is -0.494 e. The van der Waals surface area contributed by atoms with Crippen LogP contribution >= 0.6 is 0 Å². The van der Waals surface area contributed by atoms with Gasteiger partial charge in [0.05, 0.1) is 18.9 Å². The average Bonchev–Trinajstić information content (AvgIpc) is 2.67. The van der Waals surface area contributed by atoms with Crippen molar-refractivity contribution in [3.8, 4) is 11.5 Å². The molecule has 146 valence electrons. The maximum absolute atomic E-state index is 13.6. The maximum atomic E-state index is 13.6. The van der Waals surface area contributed by atoms with E-state index in [1.165, 1.54) is 18.2 Å². The Balaban J connectivity index is 1.98. The standard InChI is InChI=1S/C21H26FNO4/c1-3-4-5-12-26-18-9-6-16(7-10-18)21(24)23-19-15-17(22)8-11-20(19)27-14-13-25-2/h6-11,15H,3-5,12-14H2,1-2H3,(H,23,24). The van der Waals surface area contributed by atoms with Crippen LogP contribution in [0.4, 0.5) is 10.1 Å². The summed E-state index contributed by atoms with van der Waals surface area (Å²) in [5.41, 5.74) is 0.721. The highest BCUT2D eigenvalue weighted by Gasteiger charge is 2.12. The molecule has 2 aromatic rings. The van der Waals surface area contributed by atoms with Crippen LogP contribution in [0.15, 0.2) is 42.5 Å². The summed E-state index contributed by atoms with van der Waals surface area (Å²) in [7, 11) is 1.56. The van der Waals surface area contributed by atoms with E-state index in [-0.39, 0.29) is 11.6 Å². The number of rotatable bonds is 11. The number of carbonyl (C=O) groups is 1. The van der Waals surface area contributed by atoms with Crippen molar-refractivity contribution in [2.45, 2.75) is 26.2 Å². The summed E-state index contributed by atoms with van der Waals surface area (Å²) in [5, 5.41) is 2.69. The lowest BCUT2D eigenvalue weighted by Gasteiger charge is -2.13. The molecule has 6 heteroatoms. The number of hydrogen-bond donors (Lipinski definition) is 1. The van der Waals surface area contributed by atoms with E-state index in [0.29, 0.717) is 31.1 Å². The molecule has 0 unspecified atom stereocenters. The van der Waals surface area contributed by atoms with Crippen LogP contribution in [-0.4, -0.2) is 32.8 Å². The van der Waals surface area contributed by atoms with Gasteiger partial charge in [-0.1, -0.05) is 19.8 Å². The third kappa shape index (κ3) is 6.90. The van der Waals surface area contributed by atoms with Crippen LogP contribution in [0, 0.1) is 5.82 Å². The summed E-state index contributed by atoms with van der Waals surface area (Å²) >= 11 is 0. The van der Waals surface area contributed by atoms with Crippen LogP contribution in [0.3, 0.4) is 0 Å². The van der Waals surface area contributed by atoms with Gasteiger partial charge in [-0.2, -0.15) is 0 Å². The number of methoxy groups -OCH3 is 1. The van der Waals surface area contributed by atoms with Gasteiger partial charge in [0.15, 0.2) is 0 Å². The van der Waals surface area contributed by atoms with Crippen LogP contribution in [0.25, 0.3) is 0 Å². The zero-order valence-corrected chi connectivity index (χ0v) is 15.8. The monoisotopic (exact) mass is 375 g/mol. The lowest BCUT2D eigenvalue weighted by Crippen LogP contribution is -2.14. The predicted molar refractivity (Wildman–Crippen MR) is 103 cm³/mol. The Hall–Kier alpha value is -2.60. The Morgan fingerprint density at radius 3 is 2.48 bits per heavy atom. The number of anilines is 1. The van der Waals surface area contributed by atoms with Crippen molar-refractivity contribution in [3.05, 3.63) is 53.8 Å². The molecule has 0 aliphatic rings. The molecule has 0 saturated carbocycles. The van der Waals surface area contributed by atoms with E-state index < -0.39 is 5.82 Å². The largest absolute Gasteiger partial charge is 0.494 e. The molecular formula is C21H26FNO4. The summed E-state index contributed by atoms with van der Waals surface area (Å²) in [5.74, 6) is 0.296. The summed E-state index contributed by atoms with van der Waals surface area (Å²) in [6.45, 7) is 3.49. The Morgan fingerprint density at radius 1 is 1.00 bits per heavy atom. The van der Waals surface area contributed by atoms with E-state index in [0.717, 1.165) is 25.0 Å². The molecule has 1 N–H and O–H groups in total. The Bertz CT molecular complexity index is 719. The quantitative estimate of drug-likeness (QED) is 0.580. The van der Waals surface area contributed by atoms with Crippen molar-refractivity contribution in [1.29, 1.82) is 0 Å². The molecule has 5 nitrogen and oxygen atoms in total. The van der Waals surface area contributed by atoms with Crippen LogP contribution in [-0.2, 0) is 4.74 Å². The normalized spacial score (nSPS) is 10.5. The highest BCUT2D eigenvalue weighted by atomic mass is 19.1. The molecule has 0 aromatic heterocycles. The number of benzene rings is 2. The molecule has 0 heterocycles. The number of ether oxygens (including phenoxy) is 3. The van der Waals surface area contributed by atoms with E-state index in [2.05, 4.69) is 12.2 Å². The van der Waals surface area contributed by atoms with Gasteiger partial charge in [0.25, 0.3) is 5.91 Å². The number of carbonyl (C=O) groups excluding carboxylic acids is 1. The molecule has 0 aliphatic heterocycles. The van der Waals surface area contributed by atoms with Crippen LogP contribution < -0.4 is 14.8 Å². The van der Waals surface area contributed by atoms with Gasteiger partial charge in [0.1, 0.15) is 23.9 Å². The van der Waals surface area contributed by atoms with E-state index in [1.54, 1.807) is 31.4 Å². The van der Waals surface area contributed by atoms with Crippen molar-refractivity contribution < 1.29 is 23.4 Å². The molecule has 27 heavy (non-hydrogen) atoms. The molecule has 0 atom stereocenters. The second-order valence-electron chi connectivity index (χ2n) is 6.02. The lowest BCUT2D eigenvalue weighted by molar-refractivity contribution is 0.102.